The van der Waals surface area contributed by atoms with Crippen molar-refractivity contribution in [1.82, 2.24) is 15.5 Å². The molecule has 1 aliphatic heterocycles. The third-order valence-electron chi connectivity index (χ3n) is 4.89. The monoisotopic (exact) mass is 364 g/mol. The number of aliphatic imine (C=N–C) groups is 1. The average Bonchev–Trinajstić information content (AvgIpc) is 3.38. The summed E-state index contributed by atoms with van der Waals surface area (Å²) in [5, 5.41) is 7.02. The van der Waals surface area contributed by atoms with E-state index in [1.165, 1.54) is 12.8 Å². The maximum atomic E-state index is 5.40. The highest BCUT2D eigenvalue weighted by Gasteiger charge is 2.31. The van der Waals surface area contributed by atoms with E-state index in [0.717, 1.165) is 64.1 Å². The highest BCUT2D eigenvalue weighted by molar-refractivity contribution is 5.80. The van der Waals surface area contributed by atoms with Gasteiger partial charge in [-0.1, -0.05) is 0 Å². The molecule has 2 N–H and O–H groups in total. The Bertz CT molecular complexity index is 525. The predicted molar refractivity (Wildman–Crippen MR) is 101 cm³/mol. The number of guanidine groups is 1. The summed E-state index contributed by atoms with van der Waals surface area (Å²) in [5.74, 6) is 2.56. The molecule has 3 rings (SSSR count). The van der Waals surface area contributed by atoms with Crippen molar-refractivity contribution in [3.05, 3.63) is 24.2 Å². The first-order valence-corrected chi connectivity index (χ1v) is 9.71. The quantitative estimate of drug-likeness (QED) is 0.479. The molecule has 7 heteroatoms. The van der Waals surface area contributed by atoms with Crippen molar-refractivity contribution in [2.75, 3.05) is 59.7 Å². The predicted octanol–water partition coefficient (Wildman–Crippen LogP) is 1.11. The van der Waals surface area contributed by atoms with Gasteiger partial charge in [0.2, 0.25) is 0 Å². The van der Waals surface area contributed by atoms with Crippen LogP contribution in [0.4, 0.5) is 0 Å². The van der Waals surface area contributed by atoms with E-state index in [2.05, 4.69) is 15.5 Å². The number of hydrogen-bond donors (Lipinski definition) is 2. The van der Waals surface area contributed by atoms with Gasteiger partial charge in [0.1, 0.15) is 5.76 Å². The fourth-order valence-corrected chi connectivity index (χ4v) is 3.19. The number of methoxy groups -OCH3 is 1. The first-order valence-electron chi connectivity index (χ1n) is 9.71. The number of nitrogens with one attached hydrogen (secondary N) is 2. The molecule has 1 aliphatic carbocycles. The number of ether oxygens (including phenoxy) is 2. The van der Waals surface area contributed by atoms with Crippen LogP contribution in [0.15, 0.2) is 27.8 Å². The van der Waals surface area contributed by atoms with Crippen molar-refractivity contribution in [2.45, 2.75) is 25.3 Å². The Morgan fingerprint density at radius 3 is 2.92 bits per heavy atom. The minimum atomic E-state index is 0.332. The molecular formula is C19H32N4O3. The summed E-state index contributed by atoms with van der Waals surface area (Å²) in [6, 6.07) is 4.26. The van der Waals surface area contributed by atoms with Crippen LogP contribution in [0.3, 0.4) is 0 Å². The van der Waals surface area contributed by atoms with Crippen LogP contribution in [-0.4, -0.2) is 76.6 Å². The lowest BCUT2D eigenvalue weighted by atomic mass is 10.2. The van der Waals surface area contributed by atoms with Crippen molar-refractivity contribution in [2.24, 2.45) is 10.9 Å². The number of furan rings is 1. The van der Waals surface area contributed by atoms with E-state index in [4.69, 9.17) is 18.9 Å². The molecule has 0 bridgehead atoms. The zero-order chi connectivity index (χ0) is 18.0. The van der Waals surface area contributed by atoms with Gasteiger partial charge in [-0.3, -0.25) is 9.89 Å². The minimum Gasteiger partial charge on any atom is -0.469 e. The van der Waals surface area contributed by atoms with Crippen LogP contribution in [-0.2, 0) is 15.9 Å². The molecule has 1 aromatic heterocycles. The van der Waals surface area contributed by atoms with E-state index in [1.54, 1.807) is 13.4 Å². The zero-order valence-corrected chi connectivity index (χ0v) is 15.8. The molecule has 1 atom stereocenters. The van der Waals surface area contributed by atoms with E-state index < -0.39 is 0 Å². The van der Waals surface area contributed by atoms with Crippen LogP contribution in [0.25, 0.3) is 0 Å². The summed E-state index contributed by atoms with van der Waals surface area (Å²) in [6.07, 6.45) is 5.10. The van der Waals surface area contributed by atoms with E-state index in [9.17, 15) is 0 Å². The van der Waals surface area contributed by atoms with Crippen LogP contribution in [0.5, 0.6) is 0 Å². The molecule has 1 saturated heterocycles. The van der Waals surface area contributed by atoms with E-state index in [1.807, 2.05) is 12.1 Å². The van der Waals surface area contributed by atoms with Crippen molar-refractivity contribution in [1.29, 1.82) is 0 Å². The lowest BCUT2D eigenvalue weighted by Gasteiger charge is -2.26. The van der Waals surface area contributed by atoms with Gasteiger partial charge in [-0.25, -0.2) is 0 Å². The lowest BCUT2D eigenvalue weighted by Crippen LogP contribution is -2.47. The molecule has 0 radical (unpaired) electrons. The minimum absolute atomic E-state index is 0.332. The molecule has 1 aromatic rings. The third kappa shape index (κ3) is 6.63. The van der Waals surface area contributed by atoms with Gasteiger partial charge in [-0.05, 0) is 30.9 Å². The number of morpholine rings is 1. The summed E-state index contributed by atoms with van der Waals surface area (Å²) < 4.78 is 16.2. The number of hydrogen-bond acceptors (Lipinski definition) is 5. The van der Waals surface area contributed by atoms with Crippen LogP contribution < -0.4 is 10.6 Å². The molecule has 2 aliphatic rings. The van der Waals surface area contributed by atoms with Gasteiger partial charge in [-0.2, -0.15) is 0 Å². The molecule has 2 fully saturated rings. The lowest BCUT2D eigenvalue weighted by molar-refractivity contribution is 0.0394. The van der Waals surface area contributed by atoms with Crippen LogP contribution >= 0.6 is 0 Å². The number of rotatable bonds is 10. The maximum Gasteiger partial charge on any atom is 0.191 e. The molecule has 2 heterocycles. The van der Waals surface area contributed by atoms with Crippen LogP contribution in [0.1, 0.15) is 18.6 Å². The molecule has 26 heavy (non-hydrogen) atoms. The summed E-state index contributed by atoms with van der Waals surface area (Å²) in [7, 11) is 1.76. The Kier molecular flexibility index (Phi) is 7.79. The van der Waals surface area contributed by atoms with Crippen molar-refractivity contribution in [3.63, 3.8) is 0 Å². The molecule has 1 saturated carbocycles. The van der Waals surface area contributed by atoms with Gasteiger partial charge < -0.3 is 24.5 Å². The molecule has 0 amide bonds. The molecule has 7 nitrogen and oxygen atoms in total. The largest absolute Gasteiger partial charge is 0.469 e. The number of nitrogens with zero attached hydrogens (tertiary/aromatic N) is 2. The van der Waals surface area contributed by atoms with E-state index in [0.29, 0.717) is 18.6 Å². The molecule has 0 aromatic carbocycles. The molecule has 0 spiro atoms. The summed E-state index contributed by atoms with van der Waals surface area (Å²) in [6.45, 7) is 6.90. The molecule has 146 valence electrons. The maximum absolute atomic E-state index is 5.40. The average molecular weight is 364 g/mol. The summed E-state index contributed by atoms with van der Waals surface area (Å²) in [5.41, 5.74) is 0. The second kappa shape index (κ2) is 10.5. The van der Waals surface area contributed by atoms with Crippen LogP contribution in [0.2, 0.25) is 0 Å². The van der Waals surface area contributed by atoms with Gasteiger partial charge in [0, 0.05) is 39.7 Å². The first kappa shape index (κ1) is 19.2. The highest BCUT2D eigenvalue weighted by atomic mass is 16.5. The van der Waals surface area contributed by atoms with Crippen molar-refractivity contribution < 1.29 is 13.9 Å². The Balaban J connectivity index is 1.49. The molecule has 1 unspecified atom stereocenters. The van der Waals surface area contributed by atoms with E-state index in [-0.39, 0.29) is 0 Å². The van der Waals surface area contributed by atoms with E-state index >= 15 is 0 Å². The Morgan fingerprint density at radius 2 is 2.23 bits per heavy atom. The third-order valence-corrected chi connectivity index (χ3v) is 4.89. The van der Waals surface area contributed by atoms with Crippen molar-refractivity contribution >= 4 is 5.96 Å². The Hall–Kier alpha value is -1.57. The summed E-state index contributed by atoms with van der Waals surface area (Å²) >= 11 is 0. The second-order valence-corrected chi connectivity index (χ2v) is 6.98. The second-order valence-electron chi connectivity index (χ2n) is 6.98. The van der Waals surface area contributed by atoms with Gasteiger partial charge in [0.15, 0.2) is 5.96 Å². The smallest absolute Gasteiger partial charge is 0.191 e. The van der Waals surface area contributed by atoms with Gasteiger partial charge in [0.25, 0.3) is 0 Å². The fraction of sp³-hybridized carbons (Fsp3) is 0.737. The fourth-order valence-electron chi connectivity index (χ4n) is 3.19. The topological polar surface area (TPSA) is 71.3 Å². The van der Waals surface area contributed by atoms with Crippen LogP contribution in [0, 0.1) is 5.92 Å². The first-order chi connectivity index (χ1) is 12.8. The summed E-state index contributed by atoms with van der Waals surface area (Å²) in [4.78, 5) is 7.20. The van der Waals surface area contributed by atoms with Gasteiger partial charge in [0.05, 0.1) is 38.7 Å². The SMILES string of the molecule is COCC(NC(=NCCN1CCOCC1)NCCc1ccco1)C1CC1. The van der Waals surface area contributed by atoms with Gasteiger partial charge >= 0.3 is 0 Å². The standard InChI is InChI=1S/C19H32N4O3/c1-24-15-18(16-4-5-16)22-19(20-7-6-17-3-2-12-26-17)21-8-9-23-10-13-25-14-11-23/h2-3,12,16,18H,4-11,13-15H2,1H3,(H2,20,21,22). The van der Waals surface area contributed by atoms with Gasteiger partial charge in [-0.15, -0.1) is 0 Å². The molecular weight excluding hydrogens is 332 g/mol. The zero-order valence-electron chi connectivity index (χ0n) is 15.8. The Labute approximate surface area is 156 Å². The normalized spacial score (nSPS) is 20.1. The Morgan fingerprint density at radius 1 is 1.38 bits per heavy atom. The highest BCUT2D eigenvalue weighted by Crippen LogP contribution is 2.32. The van der Waals surface area contributed by atoms with Crippen molar-refractivity contribution in [3.8, 4) is 0 Å².